The second-order valence-electron chi connectivity index (χ2n) is 6.00. The van der Waals surface area contributed by atoms with Crippen LogP contribution >= 0.6 is 0 Å². The molecule has 3 rings (SSSR count). The molecule has 2 aromatic rings. The third-order valence-electron chi connectivity index (χ3n) is 4.28. The number of nitro benzene ring substituents is 1. The highest BCUT2D eigenvalue weighted by molar-refractivity contribution is 5.92. The van der Waals surface area contributed by atoms with Crippen LogP contribution in [-0.4, -0.2) is 51.8 Å². The van der Waals surface area contributed by atoms with Gasteiger partial charge in [0.1, 0.15) is 0 Å². The fourth-order valence-corrected chi connectivity index (χ4v) is 2.89. The van der Waals surface area contributed by atoms with Crippen molar-refractivity contribution in [1.29, 1.82) is 0 Å². The monoisotopic (exact) mass is 344 g/mol. The van der Waals surface area contributed by atoms with E-state index in [-0.39, 0.29) is 11.6 Å². The Hall–Kier alpha value is -2.74. The van der Waals surface area contributed by atoms with Crippen molar-refractivity contribution in [2.75, 3.05) is 26.3 Å². The van der Waals surface area contributed by atoms with Gasteiger partial charge in [0, 0.05) is 43.9 Å². The number of carbonyl (C=O) groups is 1. The number of nitrogens with zero attached hydrogens (tertiary/aromatic N) is 4. The predicted molar refractivity (Wildman–Crippen MR) is 90.7 cm³/mol. The van der Waals surface area contributed by atoms with Crippen molar-refractivity contribution in [2.24, 2.45) is 5.92 Å². The summed E-state index contributed by atoms with van der Waals surface area (Å²) in [5.74, 6) is 0.223. The summed E-state index contributed by atoms with van der Waals surface area (Å²) in [4.78, 5) is 24.9. The number of hydrogen-bond acceptors (Lipinski definition) is 5. The van der Waals surface area contributed by atoms with Crippen LogP contribution in [0, 0.1) is 16.0 Å². The second-order valence-corrected chi connectivity index (χ2v) is 6.00. The van der Waals surface area contributed by atoms with E-state index < -0.39 is 4.92 Å². The molecule has 1 aromatic carbocycles. The lowest BCUT2D eigenvalue weighted by molar-refractivity contribution is -0.384. The van der Waals surface area contributed by atoms with Gasteiger partial charge in [-0.3, -0.25) is 14.9 Å². The topological polar surface area (TPSA) is 90.5 Å². The number of amides is 1. The fraction of sp³-hybridized carbons (Fsp3) is 0.412. The van der Waals surface area contributed by atoms with Crippen molar-refractivity contribution in [3.8, 4) is 5.69 Å². The number of aromatic nitrogens is 2. The van der Waals surface area contributed by atoms with Gasteiger partial charge in [0.25, 0.3) is 11.6 Å². The van der Waals surface area contributed by atoms with E-state index in [9.17, 15) is 14.9 Å². The van der Waals surface area contributed by atoms with Gasteiger partial charge in [-0.05, 0) is 25.5 Å². The molecule has 0 N–H and O–H groups in total. The molecule has 1 saturated heterocycles. The highest BCUT2D eigenvalue weighted by Crippen LogP contribution is 2.18. The molecule has 8 nitrogen and oxygen atoms in total. The molecule has 0 bridgehead atoms. The Morgan fingerprint density at radius 2 is 2.32 bits per heavy atom. The van der Waals surface area contributed by atoms with Gasteiger partial charge in [0.15, 0.2) is 5.69 Å². The molecule has 8 heteroatoms. The van der Waals surface area contributed by atoms with Crippen LogP contribution in [-0.2, 0) is 4.74 Å². The molecular formula is C17H20N4O4. The van der Waals surface area contributed by atoms with E-state index in [0.29, 0.717) is 37.0 Å². The molecule has 1 aromatic heterocycles. The molecule has 2 heterocycles. The summed E-state index contributed by atoms with van der Waals surface area (Å²) in [5.41, 5.74) is 0.852. The summed E-state index contributed by atoms with van der Waals surface area (Å²) < 4.78 is 6.85. The van der Waals surface area contributed by atoms with E-state index in [1.807, 2.05) is 6.92 Å². The van der Waals surface area contributed by atoms with Crippen LogP contribution in [0.15, 0.2) is 36.5 Å². The number of rotatable bonds is 6. The molecule has 0 unspecified atom stereocenters. The van der Waals surface area contributed by atoms with E-state index in [0.717, 1.165) is 13.0 Å². The molecule has 1 amide bonds. The second kappa shape index (κ2) is 7.43. The van der Waals surface area contributed by atoms with Gasteiger partial charge < -0.3 is 9.64 Å². The zero-order chi connectivity index (χ0) is 17.8. The van der Waals surface area contributed by atoms with E-state index in [4.69, 9.17) is 4.74 Å². The first-order valence-corrected chi connectivity index (χ1v) is 8.26. The van der Waals surface area contributed by atoms with Crippen molar-refractivity contribution in [3.05, 3.63) is 52.3 Å². The molecule has 0 spiro atoms. The van der Waals surface area contributed by atoms with Crippen LogP contribution in [0.3, 0.4) is 0 Å². The van der Waals surface area contributed by atoms with Gasteiger partial charge >= 0.3 is 0 Å². The van der Waals surface area contributed by atoms with Crippen LogP contribution in [0.2, 0.25) is 0 Å². The molecular weight excluding hydrogens is 324 g/mol. The Kier molecular flexibility index (Phi) is 5.08. The van der Waals surface area contributed by atoms with Gasteiger partial charge in [0.2, 0.25) is 0 Å². The minimum absolute atomic E-state index is 0.0164. The Labute approximate surface area is 145 Å². The molecule has 25 heavy (non-hydrogen) atoms. The van der Waals surface area contributed by atoms with Crippen molar-refractivity contribution in [3.63, 3.8) is 0 Å². The van der Waals surface area contributed by atoms with Gasteiger partial charge in [0.05, 0.1) is 17.2 Å². The highest BCUT2D eigenvalue weighted by atomic mass is 16.6. The van der Waals surface area contributed by atoms with Crippen LogP contribution in [0.25, 0.3) is 5.69 Å². The highest BCUT2D eigenvalue weighted by Gasteiger charge is 2.23. The summed E-state index contributed by atoms with van der Waals surface area (Å²) in [6.07, 6.45) is 2.60. The third kappa shape index (κ3) is 3.85. The lowest BCUT2D eigenvalue weighted by atomic mass is 10.1. The number of benzene rings is 1. The van der Waals surface area contributed by atoms with Crippen LogP contribution in [0.4, 0.5) is 5.69 Å². The average Bonchev–Trinajstić information content (AvgIpc) is 3.31. The van der Waals surface area contributed by atoms with Crippen molar-refractivity contribution >= 4 is 11.6 Å². The number of hydrogen-bond donors (Lipinski definition) is 0. The Morgan fingerprint density at radius 3 is 3.00 bits per heavy atom. The van der Waals surface area contributed by atoms with Gasteiger partial charge in [-0.2, -0.15) is 5.10 Å². The molecule has 0 aliphatic carbocycles. The zero-order valence-corrected chi connectivity index (χ0v) is 14.0. The molecule has 1 aliphatic rings. The number of ether oxygens (including phenoxy) is 1. The maximum Gasteiger partial charge on any atom is 0.274 e. The molecule has 0 saturated carbocycles. The van der Waals surface area contributed by atoms with Crippen molar-refractivity contribution in [1.82, 2.24) is 14.7 Å². The number of carbonyl (C=O) groups excluding carboxylic acids is 1. The molecule has 132 valence electrons. The van der Waals surface area contributed by atoms with Gasteiger partial charge in [-0.15, -0.1) is 0 Å². The summed E-state index contributed by atoms with van der Waals surface area (Å²) in [6, 6.07) is 7.78. The SMILES string of the molecule is CCN(C[C@H]1CCOC1)C(=O)c1ccn(-c2cccc([N+](=O)[O-])c2)n1. The molecule has 1 fully saturated rings. The van der Waals surface area contributed by atoms with Crippen LogP contribution < -0.4 is 0 Å². The van der Waals surface area contributed by atoms with Gasteiger partial charge in [-0.25, -0.2) is 4.68 Å². The van der Waals surface area contributed by atoms with E-state index in [1.165, 1.54) is 16.8 Å². The predicted octanol–water partition coefficient (Wildman–Crippen LogP) is 2.28. The quantitative estimate of drug-likeness (QED) is 0.592. The first kappa shape index (κ1) is 17.1. The van der Waals surface area contributed by atoms with Crippen LogP contribution in [0.1, 0.15) is 23.8 Å². The first-order chi connectivity index (χ1) is 12.1. The van der Waals surface area contributed by atoms with E-state index >= 15 is 0 Å². The Balaban J connectivity index is 1.76. The molecule has 1 atom stereocenters. The lowest BCUT2D eigenvalue weighted by Crippen LogP contribution is -2.35. The van der Waals surface area contributed by atoms with Gasteiger partial charge in [-0.1, -0.05) is 6.07 Å². The number of nitro groups is 1. The van der Waals surface area contributed by atoms with E-state index in [1.54, 1.807) is 29.3 Å². The summed E-state index contributed by atoms with van der Waals surface area (Å²) >= 11 is 0. The maximum absolute atomic E-state index is 12.7. The first-order valence-electron chi connectivity index (χ1n) is 8.26. The Bertz CT molecular complexity index is 768. The fourth-order valence-electron chi connectivity index (χ4n) is 2.89. The Morgan fingerprint density at radius 1 is 1.48 bits per heavy atom. The number of non-ortho nitro benzene ring substituents is 1. The molecule has 1 aliphatic heterocycles. The third-order valence-corrected chi connectivity index (χ3v) is 4.28. The van der Waals surface area contributed by atoms with E-state index in [2.05, 4.69) is 5.10 Å². The lowest BCUT2D eigenvalue weighted by Gasteiger charge is -2.22. The van der Waals surface area contributed by atoms with Crippen LogP contribution in [0.5, 0.6) is 0 Å². The smallest absolute Gasteiger partial charge is 0.274 e. The molecule has 0 radical (unpaired) electrons. The normalized spacial score (nSPS) is 16.8. The van der Waals surface area contributed by atoms with Crippen molar-refractivity contribution < 1.29 is 14.5 Å². The average molecular weight is 344 g/mol. The minimum Gasteiger partial charge on any atom is -0.381 e. The summed E-state index contributed by atoms with van der Waals surface area (Å²) in [7, 11) is 0. The standard InChI is InChI=1S/C17H20N4O4/c1-2-19(11-13-7-9-25-12-13)17(22)16-6-8-20(18-16)14-4-3-5-15(10-14)21(23)24/h3-6,8,10,13H,2,7,9,11-12H2,1H3/t13-/m1/s1. The largest absolute Gasteiger partial charge is 0.381 e. The maximum atomic E-state index is 12.7. The zero-order valence-electron chi connectivity index (χ0n) is 14.0. The minimum atomic E-state index is -0.457. The summed E-state index contributed by atoms with van der Waals surface area (Å²) in [5, 5.41) is 15.2. The summed E-state index contributed by atoms with van der Waals surface area (Å²) in [6.45, 7) is 4.62. The van der Waals surface area contributed by atoms with Crippen molar-refractivity contribution in [2.45, 2.75) is 13.3 Å².